The van der Waals surface area contributed by atoms with Gasteiger partial charge in [-0.2, -0.15) is 0 Å². The van der Waals surface area contributed by atoms with Gasteiger partial charge in [-0.1, -0.05) is 101 Å². The first-order valence-corrected chi connectivity index (χ1v) is 10.7. The van der Waals surface area contributed by atoms with Crippen LogP contribution >= 0.6 is 0 Å². The molecule has 1 aromatic rings. The van der Waals surface area contributed by atoms with E-state index in [1.807, 2.05) is 0 Å². The van der Waals surface area contributed by atoms with Crippen LogP contribution in [0.2, 0.25) is 0 Å². The smallest absolute Gasteiger partial charge is 0.0276 e. The van der Waals surface area contributed by atoms with E-state index in [0.29, 0.717) is 0 Å². The summed E-state index contributed by atoms with van der Waals surface area (Å²) < 4.78 is 0. The van der Waals surface area contributed by atoms with Crippen molar-refractivity contribution in [2.24, 2.45) is 23.7 Å². The Kier molecular flexibility index (Phi) is 6.81. The summed E-state index contributed by atoms with van der Waals surface area (Å²) in [7, 11) is 0. The molecule has 0 aromatic heterocycles. The van der Waals surface area contributed by atoms with Crippen LogP contribution in [0.4, 0.5) is 0 Å². The molecule has 24 heavy (non-hydrogen) atoms. The fourth-order valence-corrected chi connectivity index (χ4v) is 5.02. The predicted molar refractivity (Wildman–Crippen MR) is 105 cm³/mol. The van der Waals surface area contributed by atoms with Gasteiger partial charge in [0.05, 0.1) is 0 Å². The van der Waals surface area contributed by atoms with Crippen molar-refractivity contribution in [2.75, 3.05) is 0 Å². The van der Waals surface area contributed by atoms with Crippen LogP contribution in [0.1, 0.15) is 88.7 Å². The van der Waals surface area contributed by atoms with E-state index in [4.69, 9.17) is 0 Å². The van der Waals surface area contributed by atoms with E-state index in [1.165, 1.54) is 88.2 Å². The molecule has 134 valence electrons. The summed E-state index contributed by atoms with van der Waals surface area (Å²) >= 11 is 0. The molecule has 0 heteroatoms. The average Bonchev–Trinajstić information content (AvgIpc) is 2.62. The zero-order chi connectivity index (χ0) is 16.8. The predicted octanol–water partition coefficient (Wildman–Crippen LogP) is 7.34. The van der Waals surface area contributed by atoms with Gasteiger partial charge < -0.3 is 0 Å². The standard InChI is InChI=1S/C24H38/c1-19-3-7-21(8-4-19)11-13-23-15-17-24(18-16-23)14-12-22-9-5-20(2)6-10-22/h3-4,7-8,20,22-24H,5-6,9-18H2,1-2H3. The van der Waals surface area contributed by atoms with Crippen LogP contribution in [0, 0.1) is 30.6 Å². The van der Waals surface area contributed by atoms with Crippen molar-refractivity contribution in [3.63, 3.8) is 0 Å². The summed E-state index contributed by atoms with van der Waals surface area (Å²) in [5, 5.41) is 0. The Bertz CT molecular complexity index is 455. The van der Waals surface area contributed by atoms with Gasteiger partial charge in [-0.3, -0.25) is 0 Å². The molecule has 0 nitrogen and oxygen atoms in total. The number of hydrogen-bond acceptors (Lipinski definition) is 0. The molecule has 0 atom stereocenters. The normalized spacial score (nSPS) is 31.1. The highest BCUT2D eigenvalue weighted by molar-refractivity contribution is 5.21. The van der Waals surface area contributed by atoms with E-state index in [9.17, 15) is 0 Å². The van der Waals surface area contributed by atoms with Gasteiger partial charge in [0.15, 0.2) is 0 Å². The van der Waals surface area contributed by atoms with E-state index in [1.54, 1.807) is 0 Å². The molecular formula is C24H38. The van der Waals surface area contributed by atoms with Crippen LogP contribution in [-0.2, 0) is 6.42 Å². The van der Waals surface area contributed by atoms with E-state index in [0.717, 1.165) is 23.7 Å². The van der Waals surface area contributed by atoms with Crippen molar-refractivity contribution >= 4 is 0 Å². The zero-order valence-corrected chi connectivity index (χ0v) is 16.1. The minimum absolute atomic E-state index is 0.998. The minimum atomic E-state index is 0.998. The molecule has 2 aliphatic carbocycles. The van der Waals surface area contributed by atoms with Crippen molar-refractivity contribution in [3.8, 4) is 0 Å². The zero-order valence-electron chi connectivity index (χ0n) is 16.1. The van der Waals surface area contributed by atoms with E-state index < -0.39 is 0 Å². The van der Waals surface area contributed by atoms with Crippen molar-refractivity contribution in [3.05, 3.63) is 35.4 Å². The van der Waals surface area contributed by atoms with Crippen LogP contribution in [0.25, 0.3) is 0 Å². The third-order valence-electron chi connectivity index (χ3n) is 7.05. The largest absolute Gasteiger partial charge is 0.0625 e. The number of hydrogen-bond donors (Lipinski definition) is 0. The second-order valence-corrected chi connectivity index (χ2v) is 9.11. The van der Waals surface area contributed by atoms with Crippen LogP contribution < -0.4 is 0 Å². The summed E-state index contributed by atoms with van der Waals surface area (Å²) in [5.41, 5.74) is 2.92. The molecule has 0 amide bonds. The van der Waals surface area contributed by atoms with Crippen molar-refractivity contribution in [1.29, 1.82) is 0 Å². The Balaban J connectivity index is 1.30. The first kappa shape index (κ1) is 18.0. The van der Waals surface area contributed by atoms with E-state index in [2.05, 4.69) is 38.1 Å². The quantitative estimate of drug-likeness (QED) is 0.513. The molecular weight excluding hydrogens is 288 g/mol. The maximum absolute atomic E-state index is 2.44. The van der Waals surface area contributed by atoms with Gasteiger partial charge in [0.2, 0.25) is 0 Å². The molecule has 2 saturated carbocycles. The van der Waals surface area contributed by atoms with Gasteiger partial charge in [0, 0.05) is 0 Å². The summed E-state index contributed by atoms with van der Waals surface area (Å²) in [6.45, 7) is 4.62. The lowest BCUT2D eigenvalue weighted by atomic mass is 9.75. The highest BCUT2D eigenvalue weighted by Gasteiger charge is 2.23. The van der Waals surface area contributed by atoms with Gasteiger partial charge in [-0.15, -0.1) is 0 Å². The SMILES string of the molecule is Cc1ccc(CCC2CCC(CCC3CCC(C)CC3)CC2)cc1. The molecule has 2 fully saturated rings. The fraction of sp³-hybridized carbons (Fsp3) is 0.750. The third-order valence-corrected chi connectivity index (χ3v) is 7.05. The van der Waals surface area contributed by atoms with E-state index in [-0.39, 0.29) is 0 Å². The fourth-order valence-electron chi connectivity index (χ4n) is 5.02. The topological polar surface area (TPSA) is 0 Å². The maximum Gasteiger partial charge on any atom is -0.0276 e. The van der Waals surface area contributed by atoms with Crippen LogP contribution in [0.15, 0.2) is 24.3 Å². The highest BCUT2D eigenvalue weighted by Crippen LogP contribution is 2.37. The summed E-state index contributed by atoms with van der Waals surface area (Å²) in [6, 6.07) is 9.18. The van der Waals surface area contributed by atoms with Gasteiger partial charge in [-0.25, -0.2) is 0 Å². The van der Waals surface area contributed by atoms with Gasteiger partial charge in [0.1, 0.15) is 0 Å². The molecule has 0 aliphatic heterocycles. The van der Waals surface area contributed by atoms with Crippen LogP contribution in [0.3, 0.4) is 0 Å². The Morgan fingerprint density at radius 3 is 1.67 bits per heavy atom. The van der Waals surface area contributed by atoms with Gasteiger partial charge in [-0.05, 0) is 49.0 Å². The first-order valence-electron chi connectivity index (χ1n) is 10.7. The molecule has 0 N–H and O–H groups in total. The van der Waals surface area contributed by atoms with Gasteiger partial charge in [0.25, 0.3) is 0 Å². The molecule has 2 aliphatic rings. The Morgan fingerprint density at radius 2 is 1.12 bits per heavy atom. The van der Waals surface area contributed by atoms with Crippen LogP contribution in [-0.4, -0.2) is 0 Å². The number of benzene rings is 1. The molecule has 0 bridgehead atoms. The monoisotopic (exact) mass is 326 g/mol. The first-order chi connectivity index (χ1) is 11.7. The highest BCUT2D eigenvalue weighted by atomic mass is 14.3. The third kappa shape index (κ3) is 5.64. The average molecular weight is 327 g/mol. The molecule has 0 saturated heterocycles. The number of rotatable bonds is 6. The van der Waals surface area contributed by atoms with Crippen molar-refractivity contribution in [2.45, 2.75) is 90.9 Å². The van der Waals surface area contributed by atoms with Crippen molar-refractivity contribution in [1.82, 2.24) is 0 Å². The summed E-state index contributed by atoms with van der Waals surface area (Å²) in [5.74, 6) is 4.13. The maximum atomic E-state index is 2.44. The minimum Gasteiger partial charge on any atom is -0.0625 e. The number of aryl methyl sites for hydroxylation is 2. The second kappa shape index (κ2) is 9.07. The molecule has 3 rings (SSSR count). The summed E-state index contributed by atoms with van der Waals surface area (Å²) in [4.78, 5) is 0. The Morgan fingerprint density at radius 1 is 0.667 bits per heavy atom. The molecule has 0 spiro atoms. The second-order valence-electron chi connectivity index (χ2n) is 9.11. The van der Waals surface area contributed by atoms with Gasteiger partial charge >= 0.3 is 0 Å². The molecule has 0 heterocycles. The van der Waals surface area contributed by atoms with E-state index >= 15 is 0 Å². The molecule has 1 aromatic carbocycles. The lowest BCUT2D eigenvalue weighted by Crippen LogP contribution is -2.17. The summed E-state index contributed by atoms with van der Waals surface area (Å²) in [6.07, 6.45) is 17.8. The molecule has 0 unspecified atom stereocenters. The Labute approximate surface area is 150 Å². The van der Waals surface area contributed by atoms with Crippen LogP contribution in [0.5, 0.6) is 0 Å². The lowest BCUT2D eigenvalue weighted by Gasteiger charge is -2.31. The lowest BCUT2D eigenvalue weighted by molar-refractivity contribution is 0.217. The Hall–Kier alpha value is -0.780. The van der Waals surface area contributed by atoms with Crippen molar-refractivity contribution < 1.29 is 0 Å². The molecule has 0 radical (unpaired) electrons.